The fraction of sp³-hybridized carbons (Fsp3) is 0.706. The zero-order chi connectivity index (χ0) is 17.1. The molecule has 0 unspecified atom stereocenters. The summed E-state index contributed by atoms with van der Waals surface area (Å²) in [4.78, 5) is 6.69. The fourth-order valence-corrected chi connectivity index (χ4v) is 3.45. The van der Waals surface area contributed by atoms with Gasteiger partial charge in [-0.1, -0.05) is 0 Å². The number of rotatable bonds is 8. The van der Waals surface area contributed by atoms with Gasteiger partial charge in [-0.15, -0.1) is 10.2 Å². The molecule has 2 aromatic heterocycles. The SMILES string of the molecule is CCn1c(CN(C)CCCc2nccn2C)nnc1C1CC(N)C1. The predicted octanol–water partition coefficient (Wildman–Crippen LogP) is 1.30. The summed E-state index contributed by atoms with van der Waals surface area (Å²) in [6.07, 6.45) is 8.02. The van der Waals surface area contributed by atoms with Crippen molar-refractivity contribution in [3.05, 3.63) is 29.9 Å². The molecule has 1 saturated carbocycles. The van der Waals surface area contributed by atoms with Crippen molar-refractivity contribution in [1.29, 1.82) is 0 Å². The summed E-state index contributed by atoms with van der Waals surface area (Å²) in [7, 11) is 4.19. The molecule has 0 saturated heterocycles. The van der Waals surface area contributed by atoms with E-state index in [1.54, 1.807) is 0 Å². The summed E-state index contributed by atoms with van der Waals surface area (Å²) in [6.45, 7) is 4.94. The van der Waals surface area contributed by atoms with Crippen LogP contribution in [0.3, 0.4) is 0 Å². The average Bonchev–Trinajstić information content (AvgIpc) is 3.10. The summed E-state index contributed by atoms with van der Waals surface area (Å²) in [5, 5.41) is 8.89. The standard InChI is InChI=1S/C17H29N7/c1-4-24-16(20-21-17(24)13-10-14(18)11-13)12-22(2)8-5-6-15-19-7-9-23(15)3/h7,9,13-14H,4-6,8,10-12,18H2,1-3H3. The number of nitrogens with two attached hydrogens (primary N) is 1. The Balaban J connectivity index is 1.52. The number of imidazole rings is 1. The molecule has 7 heteroatoms. The highest BCUT2D eigenvalue weighted by Crippen LogP contribution is 2.34. The molecule has 1 aliphatic rings. The molecular weight excluding hydrogens is 302 g/mol. The normalized spacial score (nSPS) is 20.5. The van der Waals surface area contributed by atoms with Gasteiger partial charge in [-0.05, 0) is 39.8 Å². The minimum absolute atomic E-state index is 0.342. The first-order chi connectivity index (χ1) is 11.6. The highest BCUT2D eigenvalue weighted by Gasteiger charge is 2.32. The lowest BCUT2D eigenvalue weighted by molar-refractivity contribution is 0.302. The number of hydrogen-bond donors (Lipinski definition) is 1. The Bertz CT molecular complexity index is 654. The molecular formula is C17H29N7. The second-order valence-corrected chi connectivity index (χ2v) is 6.94. The van der Waals surface area contributed by atoms with Crippen LogP contribution >= 0.6 is 0 Å². The van der Waals surface area contributed by atoms with Crippen LogP contribution in [-0.4, -0.2) is 48.8 Å². The van der Waals surface area contributed by atoms with Crippen molar-refractivity contribution in [2.24, 2.45) is 12.8 Å². The van der Waals surface area contributed by atoms with Crippen LogP contribution in [0.15, 0.2) is 12.4 Å². The largest absolute Gasteiger partial charge is 0.338 e. The van der Waals surface area contributed by atoms with Gasteiger partial charge in [0.05, 0.1) is 6.54 Å². The van der Waals surface area contributed by atoms with Crippen molar-refractivity contribution < 1.29 is 0 Å². The van der Waals surface area contributed by atoms with Crippen LogP contribution in [0.5, 0.6) is 0 Å². The maximum atomic E-state index is 5.92. The Kier molecular flexibility index (Phi) is 5.30. The number of hydrogen-bond acceptors (Lipinski definition) is 5. The van der Waals surface area contributed by atoms with Crippen LogP contribution in [0.4, 0.5) is 0 Å². The van der Waals surface area contributed by atoms with E-state index < -0.39 is 0 Å². The topological polar surface area (TPSA) is 77.8 Å². The first-order valence-corrected chi connectivity index (χ1v) is 8.90. The second kappa shape index (κ2) is 7.44. The Morgan fingerprint density at radius 1 is 1.29 bits per heavy atom. The van der Waals surface area contributed by atoms with Gasteiger partial charge in [-0.2, -0.15) is 0 Å². The van der Waals surface area contributed by atoms with Gasteiger partial charge in [0, 0.05) is 44.4 Å². The Morgan fingerprint density at radius 2 is 2.08 bits per heavy atom. The van der Waals surface area contributed by atoms with Crippen molar-refractivity contribution in [1.82, 2.24) is 29.2 Å². The summed E-state index contributed by atoms with van der Waals surface area (Å²) in [5.74, 6) is 3.82. The first-order valence-electron chi connectivity index (χ1n) is 8.90. The molecule has 1 aliphatic carbocycles. The van der Waals surface area contributed by atoms with Gasteiger partial charge in [-0.25, -0.2) is 4.98 Å². The first kappa shape index (κ1) is 17.1. The van der Waals surface area contributed by atoms with E-state index in [1.165, 1.54) is 0 Å². The summed E-state index contributed by atoms with van der Waals surface area (Å²) in [5.41, 5.74) is 5.92. The van der Waals surface area contributed by atoms with E-state index in [0.29, 0.717) is 12.0 Å². The number of aryl methyl sites for hydroxylation is 2. The van der Waals surface area contributed by atoms with Crippen LogP contribution in [0, 0.1) is 0 Å². The van der Waals surface area contributed by atoms with E-state index in [2.05, 4.69) is 43.2 Å². The van der Waals surface area contributed by atoms with E-state index in [0.717, 1.165) is 62.8 Å². The lowest BCUT2D eigenvalue weighted by Crippen LogP contribution is -2.36. The van der Waals surface area contributed by atoms with E-state index in [9.17, 15) is 0 Å². The van der Waals surface area contributed by atoms with Gasteiger partial charge in [0.1, 0.15) is 17.5 Å². The van der Waals surface area contributed by atoms with Crippen LogP contribution in [0.25, 0.3) is 0 Å². The molecule has 0 radical (unpaired) electrons. The van der Waals surface area contributed by atoms with Crippen molar-refractivity contribution in [3.63, 3.8) is 0 Å². The minimum atomic E-state index is 0.342. The lowest BCUT2D eigenvalue weighted by atomic mass is 9.80. The molecule has 0 bridgehead atoms. The van der Waals surface area contributed by atoms with Gasteiger partial charge in [0.25, 0.3) is 0 Å². The number of nitrogens with zero attached hydrogens (tertiary/aromatic N) is 6. The Hall–Kier alpha value is -1.73. The monoisotopic (exact) mass is 331 g/mol. The molecule has 0 atom stereocenters. The molecule has 2 aromatic rings. The zero-order valence-corrected chi connectivity index (χ0v) is 15.0. The van der Waals surface area contributed by atoms with E-state index in [-0.39, 0.29) is 0 Å². The predicted molar refractivity (Wildman–Crippen MR) is 93.5 cm³/mol. The minimum Gasteiger partial charge on any atom is -0.338 e. The average molecular weight is 331 g/mol. The fourth-order valence-electron chi connectivity index (χ4n) is 3.45. The van der Waals surface area contributed by atoms with Gasteiger partial charge < -0.3 is 14.9 Å². The van der Waals surface area contributed by atoms with Crippen LogP contribution < -0.4 is 5.73 Å². The summed E-state index contributed by atoms with van der Waals surface area (Å²) >= 11 is 0. The third-order valence-corrected chi connectivity index (χ3v) is 4.98. The van der Waals surface area contributed by atoms with Gasteiger partial charge in [0.15, 0.2) is 0 Å². The smallest absolute Gasteiger partial charge is 0.147 e. The molecule has 0 aliphatic heterocycles. The molecule has 2 heterocycles. The van der Waals surface area contributed by atoms with Gasteiger partial charge >= 0.3 is 0 Å². The molecule has 0 amide bonds. The van der Waals surface area contributed by atoms with Crippen molar-refractivity contribution in [2.45, 2.75) is 57.7 Å². The molecule has 0 aromatic carbocycles. The molecule has 0 spiro atoms. The third kappa shape index (κ3) is 3.67. The Labute approximate surface area is 143 Å². The van der Waals surface area contributed by atoms with Gasteiger partial charge in [-0.3, -0.25) is 4.90 Å². The second-order valence-electron chi connectivity index (χ2n) is 6.94. The lowest BCUT2D eigenvalue weighted by Gasteiger charge is -2.31. The molecule has 24 heavy (non-hydrogen) atoms. The maximum Gasteiger partial charge on any atom is 0.147 e. The summed E-state index contributed by atoms with van der Waals surface area (Å²) in [6, 6.07) is 0.342. The Morgan fingerprint density at radius 3 is 2.71 bits per heavy atom. The van der Waals surface area contributed by atoms with Gasteiger partial charge in [0.2, 0.25) is 0 Å². The van der Waals surface area contributed by atoms with E-state index >= 15 is 0 Å². The molecule has 3 rings (SSSR count). The maximum absolute atomic E-state index is 5.92. The van der Waals surface area contributed by atoms with Crippen molar-refractivity contribution in [2.75, 3.05) is 13.6 Å². The number of aromatic nitrogens is 5. The molecule has 1 fully saturated rings. The summed E-state index contributed by atoms with van der Waals surface area (Å²) < 4.78 is 4.36. The zero-order valence-electron chi connectivity index (χ0n) is 15.0. The molecule has 7 nitrogen and oxygen atoms in total. The van der Waals surface area contributed by atoms with Crippen molar-refractivity contribution in [3.8, 4) is 0 Å². The highest BCUT2D eigenvalue weighted by atomic mass is 15.3. The quantitative estimate of drug-likeness (QED) is 0.789. The van der Waals surface area contributed by atoms with Crippen molar-refractivity contribution >= 4 is 0 Å². The third-order valence-electron chi connectivity index (χ3n) is 4.98. The molecule has 132 valence electrons. The molecule has 2 N–H and O–H groups in total. The highest BCUT2D eigenvalue weighted by molar-refractivity contribution is 5.08. The van der Waals surface area contributed by atoms with E-state index in [4.69, 9.17) is 5.73 Å². The van der Waals surface area contributed by atoms with Crippen LogP contribution in [0.2, 0.25) is 0 Å². The van der Waals surface area contributed by atoms with Crippen LogP contribution in [0.1, 0.15) is 49.6 Å². The van der Waals surface area contributed by atoms with E-state index in [1.807, 2.05) is 19.4 Å². The van der Waals surface area contributed by atoms with Crippen LogP contribution in [-0.2, 0) is 26.6 Å².